The molecule has 0 aliphatic heterocycles. The van der Waals surface area contributed by atoms with Crippen molar-refractivity contribution in [1.29, 1.82) is 0 Å². The molecule has 6 nitrogen and oxygen atoms in total. The molecule has 27 heavy (non-hydrogen) atoms. The quantitative estimate of drug-likeness (QED) is 0.662. The van der Waals surface area contributed by atoms with Crippen LogP contribution in [0.5, 0.6) is 5.75 Å². The molecule has 2 heterocycles. The highest BCUT2D eigenvalue weighted by molar-refractivity contribution is 5.76. The number of aromatic nitrogens is 3. The number of methoxy groups -OCH3 is 1. The highest BCUT2D eigenvalue weighted by atomic mass is 16.5. The number of hydrogen-bond donors (Lipinski definition) is 1. The van der Waals surface area contributed by atoms with Gasteiger partial charge in [-0.1, -0.05) is 32.0 Å². The Labute approximate surface area is 159 Å². The molecule has 0 unspecified atom stereocenters. The van der Waals surface area contributed by atoms with Gasteiger partial charge < -0.3 is 10.1 Å². The summed E-state index contributed by atoms with van der Waals surface area (Å²) in [6.07, 6.45) is 3.86. The lowest BCUT2D eigenvalue weighted by Crippen LogP contribution is -2.31. The van der Waals surface area contributed by atoms with Crippen LogP contribution >= 0.6 is 0 Å². The van der Waals surface area contributed by atoms with Crippen LogP contribution in [0.1, 0.15) is 44.1 Å². The van der Waals surface area contributed by atoms with E-state index < -0.39 is 0 Å². The molecule has 1 amide bonds. The smallest absolute Gasteiger partial charge is 0.220 e. The van der Waals surface area contributed by atoms with Crippen molar-refractivity contribution in [3.63, 3.8) is 0 Å². The van der Waals surface area contributed by atoms with E-state index in [-0.39, 0.29) is 11.9 Å². The standard InChI is InChI=1S/C21H26N4O2/c1-15(2)14-18(21-24-23-19-6-4-5-13-25(19)21)22-20(26)12-9-16-7-10-17(27-3)11-8-16/h4-8,10-11,13,15,18H,9,12,14H2,1-3H3,(H,22,26)/t18-/m0/s1. The number of rotatable bonds is 8. The second-order valence-electron chi connectivity index (χ2n) is 7.08. The molecule has 3 aromatic rings. The van der Waals surface area contributed by atoms with Crippen LogP contribution in [0.2, 0.25) is 0 Å². The molecule has 0 fully saturated rings. The monoisotopic (exact) mass is 366 g/mol. The Bertz CT molecular complexity index is 887. The largest absolute Gasteiger partial charge is 0.497 e. The van der Waals surface area contributed by atoms with E-state index in [1.807, 2.05) is 53.1 Å². The molecule has 0 aliphatic rings. The van der Waals surface area contributed by atoms with Crippen molar-refractivity contribution < 1.29 is 9.53 Å². The van der Waals surface area contributed by atoms with Gasteiger partial charge in [0, 0.05) is 12.6 Å². The van der Waals surface area contributed by atoms with Gasteiger partial charge in [0.2, 0.25) is 5.91 Å². The number of fused-ring (bicyclic) bond motifs is 1. The topological polar surface area (TPSA) is 68.5 Å². The van der Waals surface area contributed by atoms with E-state index in [1.54, 1.807) is 7.11 Å². The lowest BCUT2D eigenvalue weighted by molar-refractivity contribution is -0.122. The van der Waals surface area contributed by atoms with E-state index >= 15 is 0 Å². The van der Waals surface area contributed by atoms with Gasteiger partial charge in [0.1, 0.15) is 5.75 Å². The molecule has 1 aromatic carbocycles. The van der Waals surface area contributed by atoms with Crippen LogP contribution in [0.4, 0.5) is 0 Å². The number of benzene rings is 1. The fraction of sp³-hybridized carbons (Fsp3) is 0.381. The van der Waals surface area contributed by atoms with Crippen LogP contribution in [0.25, 0.3) is 5.65 Å². The highest BCUT2D eigenvalue weighted by Gasteiger charge is 2.21. The van der Waals surface area contributed by atoms with Gasteiger partial charge in [0.25, 0.3) is 0 Å². The van der Waals surface area contributed by atoms with Crippen LogP contribution in [0.3, 0.4) is 0 Å². The van der Waals surface area contributed by atoms with Gasteiger partial charge in [-0.25, -0.2) is 0 Å². The van der Waals surface area contributed by atoms with Crippen molar-refractivity contribution in [3.8, 4) is 5.75 Å². The van der Waals surface area contributed by atoms with E-state index in [0.717, 1.165) is 29.2 Å². The van der Waals surface area contributed by atoms with E-state index in [4.69, 9.17) is 4.74 Å². The minimum Gasteiger partial charge on any atom is -0.497 e. The summed E-state index contributed by atoms with van der Waals surface area (Å²) in [6, 6.07) is 13.4. The molecule has 3 rings (SSSR count). The Hall–Kier alpha value is -2.89. The molecule has 0 spiro atoms. The van der Waals surface area contributed by atoms with Crippen molar-refractivity contribution in [1.82, 2.24) is 19.9 Å². The first-order valence-corrected chi connectivity index (χ1v) is 9.28. The van der Waals surface area contributed by atoms with Crippen LogP contribution in [0, 0.1) is 5.92 Å². The van der Waals surface area contributed by atoms with Crippen LogP contribution in [0.15, 0.2) is 48.7 Å². The van der Waals surface area contributed by atoms with Gasteiger partial charge in [-0.05, 0) is 48.6 Å². The number of pyridine rings is 1. The maximum Gasteiger partial charge on any atom is 0.220 e. The number of ether oxygens (including phenoxy) is 1. The fourth-order valence-corrected chi connectivity index (χ4v) is 3.11. The average molecular weight is 366 g/mol. The van der Waals surface area contributed by atoms with Gasteiger partial charge in [0.15, 0.2) is 11.5 Å². The molecule has 0 aliphatic carbocycles. The van der Waals surface area contributed by atoms with Crippen molar-refractivity contribution in [3.05, 3.63) is 60.0 Å². The molecule has 142 valence electrons. The SMILES string of the molecule is COc1ccc(CCC(=O)N[C@@H](CC(C)C)c2nnc3ccccn23)cc1. The zero-order valence-corrected chi connectivity index (χ0v) is 16.1. The molecular weight excluding hydrogens is 340 g/mol. The summed E-state index contributed by atoms with van der Waals surface area (Å²) in [5.41, 5.74) is 1.90. The zero-order valence-electron chi connectivity index (χ0n) is 16.1. The summed E-state index contributed by atoms with van der Waals surface area (Å²) in [7, 11) is 1.64. The third kappa shape index (κ3) is 4.84. The number of carbonyl (C=O) groups is 1. The molecule has 0 bridgehead atoms. The van der Waals surface area contributed by atoms with E-state index in [2.05, 4.69) is 29.4 Å². The Balaban J connectivity index is 1.67. The Morgan fingerprint density at radius 3 is 2.63 bits per heavy atom. The predicted molar refractivity (Wildman–Crippen MR) is 105 cm³/mol. The fourth-order valence-electron chi connectivity index (χ4n) is 3.11. The van der Waals surface area contributed by atoms with Crippen molar-refractivity contribution in [2.75, 3.05) is 7.11 Å². The number of nitrogens with zero attached hydrogens (tertiary/aromatic N) is 3. The molecular formula is C21H26N4O2. The molecule has 1 atom stereocenters. The Morgan fingerprint density at radius 1 is 1.15 bits per heavy atom. The van der Waals surface area contributed by atoms with Gasteiger partial charge >= 0.3 is 0 Å². The molecule has 0 radical (unpaired) electrons. The number of carbonyl (C=O) groups excluding carboxylic acids is 1. The number of aryl methyl sites for hydroxylation is 1. The van der Waals surface area contributed by atoms with Crippen molar-refractivity contribution >= 4 is 11.6 Å². The van der Waals surface area contributed by atoms with Crippen molar-refractivity contribution in [2.45, 2.75) is 39.2 Å². The van der Waals surface area contributed by atoms with Gasteiger partial charge in [-0.2, -0.15) is 0 Å². The number of hydrogen-bond acceptors (Lipinski definition) is 4. The highest BCUT2D eigenvalue weighted by Crippen LogP contribution is 2.21. The second-order valence-corrected chi connectivity index (χ2v) is 7.08. The second kappa shape index (κ2) is 8.66. The summed E-state index contributed by atoms with van der Waals surface area (Å²) in [5.74, 6) is 2.04. The summed E-state index contributed by atoms with van der Waals surface area (Å²) in [6.45, 7) is 4.28. The van der Waals surface area contributed by atoms with Gasteiger partial charge in [-0.3, -0.25) is 9.20 Å². The molecule has 0 saturated heterocycles. The van der Waals surface area contributed by atoms with Crippen molar-refractivity contribution in [2.24, 2.45) is 5.92 Å². The van der Waals surface area contributed by atoms with Crippen LogP contribution in [-0.2, 0) is 11.2 Å². The maximum atomic E-state index is 12.6. The Kier molecular flexibility index (Phi) is 6.06. The number of nitrogens with one attached hydrogen (secondary N) is 1. The molecule has 6 heteroatoms. The molecule has 1 N–H and O–H groups in total. The minimum atomic E-state index is -0.161. The third-order valence-corrected chi connectivity index (χ3v) is 4.49. The summed E-state index contributed by atoms with van der Waals surface area (Å²) >= 11 is 0. The predicted octanol–water partition coefficient (Wildman–Crippen LogP) is 3.57. The van der Waals surface area contributed by atoms with Crippen LogP contribution < -0.4 is 10.1 Å². The lowest BCUT2D eigenvalue weighted by atomic mass is 10.0. The normalized spacial score (nSPS) is 12.3. The lowest BCUT2D eigenvalue weighted by Gasteiger charge is -2.19. The first kappa shape index (κ1) is 18.9. The first-order valence-electron chi connectivity index (χ1n) is 9.28. The minimum absolute atomic E-state index is 0.0177. The first-order chi connectivity index (χ1) is 13.1. The maximum absolute atomic E-state index is 12.6. The van der Waals surface area contributed by atoms with Gasteiger partial charge in [0.05, 0.1) is 13.2 Å². The molecule has 2 aromatic heterocycles. The average Bonchev–Trinajstić information content (AvgIpc) is 3.10. The van der Waals surface area contributed by atoms with Gasteiger partial charge in [-0.15, -0.1) is 10.2 Å². The third-order valence-electron chi connectivity index (χ3n) is 4.49. The summed E-state index contributed by atoms with van der Waals surface area (Å²) in [4.78, 5) is 12.6. The number of amides is 1. The summed E-state index contributed by atoms with van der Waals surface area (Å²) in [5, 5.41) is 11.7. The van der Waals surface area contributed by atoms with E-state index in [0.29, 0.717) is 18.8 Å². The zero-order chi connectivity index (χ0) is 19.2. The summed E-state index contributed by atoms with van der Waals surface area (Å²) < 4.78 is 7.11. The van der Waals surface area contributed by atoms with E-state index in [1.165, 1.54) is 0 Å². The Morgan fingerprint density at radius 2 is 1.93 bits per heavy atom. The van der Waals surface area contributed by atoms with Crippen LogP contribution in [-0.4, -0.2) is 27.6 Å². The molecule has 0 saturated carbocycles. The van der Waals surface area contributed by atoms with E-state index in [9.17, 15) is 4.79 Å².